The topological polar surface area (TPSA) is 62.6 Å². The molecule has 1 aromatic heterocycles. The summed E-state index contributed by atoms with van der Waals surface area (Å²) >= 11 is 1.59. The maximum Gasteiger partial charge on any atom is 0.251 e. The molecule has 31 heavy (non-hydrogen) atoms. The Morgan fingerprint density at radius 2 is 1.90 bits per heavy atom. The molecule has 3 aromatic rings. The molecule has 2 amide bonds. The Kier molecular flexibility index (Phi) is 6.47. The van der Waals surface area contributed by atoms with Crippen molar-refractivity contribution in [3.8, 4) is 0 Å². The number of nitrogens with one attached hydrogen (secondary N) is 1. The van der Waals surface area contributed by atoms with Crippen molar-refractivity contribution >= 4 is 23.6 Å². The fraction of sp³-hybridized carbons (Fsp3) is 0.280. The van der Waals surface area contributed by atoms with Gasteiger partial charge in [-0.05, 0) is 48.7 Å². The predicted octanol–water partition coefficient (Wildman–Crippen LogP) is 5.24. The first-order chi connectivity index (χ1) is 15.0. The van der Waals surface area contributed by atoms with Crippen LogP contribution in [0.2, 0.25) is 0 Å². The Bertz CT molecular complexity index is 1030. The summed E-state index contributed by atoms with van der Waals surface area (Å²) in [5, 5.41) is 3.05. The van der Waals surface area contributed by atoms with Crippen LogP contribution in [0.5, 0.6) is 0 Å². The average Bonchev–Trinajstić information content (AvgIpc) is 3.43. The molecule has 0 spiro atoms. The number of thioether (sulfide) groups is 1. The molecule has 1 fully saturated rings. The number of hydrogen-bond acceptors (Lipinski definition) is 4. The number of amides is 2. The first-order valence-electron chi connectivity index (χ1n) is 10.5. The molecule has 2 heterocycles. The van der Waals surface area contributed by atoms with Gasteiger partial charge < -0.3 is 14.6 Å². The molecular formula is C25H26N2O3S. The van der Waals surface area contributed by atoms with Gasteiger partial charge in [-0.25, -0.2) is 0 Å². The van der Waals surface area contributed by atoms with E-state index < -0.39 is 0 Å². The van der Waals surface area contributed by atoms with Crippen LogP contribution in [0.1, 0.15) is 57.6 Å². The Morgan fingerprint density at radius 3 is 2.55 bits per heavy atom. The number of benzene rings is 2. The highest BCUT2D eigenvalue weighted by Crippen LogP contribution is 2.39. The van der Waals surface area contributed by atoms with E-state index in [1.54, 1.807) is 18.0 Å². The van der Waals surface area contributed by atoms with Gasteiger partial charge in [0.25, 0.3) is 5.91 Å². The number of furan rings is 1. The van der Waals surface area contributed by atoms with Crippen LogP contribution >= 0.6 is 11.8 Å². The molecule has 0 bridgehead atoms. The molecule has 0 saturated carbocycles. The fourth-order valence-electron chi connectivity index (χ4n) is 3.73. The Hall–Kier alpha value is -2.99. The lowest BCUT2D eigenvalue weighted by Crippen LogP contribution is -2.28. The summed E-state index contributed by atoms with van der Waals surface area (Å²) in [7, 11) is 0. The molecule has 5 nitrogen and oxygen atoms in total. The molecule has 0 radical (unpaired) electrons. The zero-order valence-electron chi connectivity index (χ0n) is 17.7. The normalized spacial score (nSPS) is 17.0. The molecule has 6 heteroatoms. The van der Waals surface area contributed by atoms with Crippen LogP contribution in [-0.4, -0.2) is 22.5 Å². The summed E-state index contributed by atoms with van der Waals surface area (Å²) < 4.78 is 5.41. The third-order valence-electron chi connectivity index (χ3n) is 5.53. The van der Waals surface area contributed by atoms with E-state index >= 15 is 0 Å². The zero-order chi connectivity index (χ0) is 21.8. The Labute approximate surface area is 186 Å². The number of aryl methyl sites for hydroxylation is 1. The molecule has 160 valence electrons. The summed E-state index contributed by atoms with van der Waals surface area (Å²) in [5.74, 6) is 1.21. The number of carbonyl (C=O) groups excluding carboxylic acids is 2. The highest BCUT2D eigenvalue weighted by molar-refractivity contribution is 8.00. The molecule has 0 unspecified atom stereocenters. The van der Waals surface area contributed by atoms with Gasteiger partial charge in [0.15, 0.2) is 0 Å². The van der Waals surface area contributed by atoms with E-state index in [1.807, 2.05) is 41.3 Å². The lowest BCUT2D eigenvalue weighted by Gasteiger charge is -2.23. The second-order valence-electron chi connectivity index (χ2n) is 7.73. The van der Waals surface area contributed by atoms with E-state index in [1.165, 1.54) is 5.56 Å². The van der Waals surface area contributed by atoms with E-state index in [0.29, 0.717) is 17.9 Å². The molecule has 1 aliphatic heterocycles. The molecular weight excluding hydrogens is 408 g/mol. The first kappa shape index (κ1) is 21.2. The highest BCUT2D eigenvalue weighted by Gasteiger charge is 2.33. The van der Waals surface area contributed by atoms with Gasteiger partial charge in [0.05, 0.1) is 24.6 Å². The molecule has 4 rings (SSSR count). The number of carbonyl (C=O) groups is 2. The van der Waals surface area contributed by atoms with Crippen molar-refractivity contribution in [1.82, 2.24) is 10.2 Å². The van der Waals surface area contributed by atoms with Crippen molar-refractivity contribution in [2.45, 2.75) is 38.2 Å². The smallest absolute Gasteiger partial charge is 0.251 e. The van der Waals surface area contributed by atoms with Crippen molar-refractivity contribution in [3.05, 3.63) is 94.9 Å². The van der Waals surface area contributed by atoms with E-state index in [4.69, 9.17) is 4.42 Å². The number of nitrogens with zero attached hydrogens (tertiary/aromatic N) is 1. The van der Waals surface area contributed by atoms with Crippen LogP contribution in [0.25, 0.3) is 0 Å². The Morgan fingerprint density at radius 1 is 1.16 bits per heavy atom. The molecule has 0 aliphatic carbocycles. The lowest BCUT2D eigenvalue weighted by atomic mass is 10.0. The van der Waals surface area contributed by atoms with E-state index in [-0.39, 0.29) is 23.2 Å². The first-order valence-corrected chi connectivity index (χ1v) is 11.5. The van der Waals surface area contributed by atoms with Gasteiger partial charge in [-0.2, -0.15) is 0 Å². The van der Waals surface area contributed by atoms with Gasteiger partial charge in [-0.15, -0.1) is 11.8 Å². The molecule has 2 atom stereocenters. The van der Waals surface area contributed by atoms with Gasteiger partial charge in [0, 0.05) is 5.56 Å². The monoisotopic (exact) mass is 434 g/mol. The van der Waals surface area contributed by atoms with Crippen molar-refractivity contribution in [2.24, 2.45) is 0 Å². The van der Waals surface area contributed by atoms with Gasteiger partial charge in [-0.1, -0.05) is 48.9 Å². The van der Waals surface area contributed by atoms with Gasteiger partial charge in [-0.3, -0.25) is 9.59 Å². The van der Waals surface area contributed by atoms with Crippen LogP contribution in [0.4, 0.5) is 0 Å². The third-order valence-corrected chi connectivity index (χ3v) is 6.78. The average molecular weight is 435 g/mol. The maximum atomic E-state index is 12.8. The summed E-state index contributed by atoms with van der Waals surface area (Å²) in [5.41, 5.74) is 3.92. The fourth-order valence-corrected chi connectivity index (χ4v) is 4.92. The number of hydrogen-bond donors (Lipinski definition) is 1. The summed E-state index contributed by atoms with van der Waals surface area (Å²) in [6, 6.07) is 19.5. The van der Waals surface area contributed by atoms with Crippen molar-refractivity contribution in [1.29, 1.82) is 0 Å². The van der Waals surface area contributed by atoms with Crippen molar-refractivity contribution in [2.75, 3.05) is 5.75 Å². The minimum atomic E-state index is -0.0958. The molecule has 2 aromatic carbocycles. The molecule has 1 saturated heterocycles. The second-order valence-corrected chi connectivity index (χ2v) is 8.80. The summed E-state index contributed by atoms with van der Waals surface area (Å²) in [6.45, 7) is 4.56. The lowest BCUT2D eigenvalue weighted by molar-refractivity contribution is -0.128. The van der Waals surface area contributed by atoms with E-state index in [0.717, 1.165) is 23.3 Å². The van der Waals surface area contributed by atoms with Gasteiger partial charge in [0.1, 0.15) is 11.1 Å². The standard InChI is InChI=1S/C25H26N2O3S/c1-3-22(18-8-6-17(2)7-9-18)26-24(29)19-10-12-20(13-11-19)25-27(23(28)16-31-25)15-21-5-4-14-30-21/h4-14,22,25H,3,15-16H2,1-2H3,(H,26,29)/t22-,25-/m1/s1. The van der Waals surface area contributed by atoms with Gasteiger partial charge in [0.2, 0.25) is 5.91 Å². The van der Waals surface area contributed by atoms with Crippen LogP contribution in [-0.2, 0) is 11.3 Å². The van der Waals surface area contributed by atoms with Crippen molar-refractivity contribution < 1.29 is 14.0 Å². The van der Waals surface area contributed by atoms with Gasteiger partial charge >= 0.3 is 0 Å². The van der Waals surface area contributed by atoms with Crippen LogP contribution < -0.4 is 5.32 Å². The van der Waals surface area contributed by atoms with E-state index in [9.17, 15) is 9.59 Å². The van der Waals surface area contributed by atoms with Crippen LogP contribution in [0.15, 0.2) is 71.3 Å². The highest BCUT2D eigenvalue weighted by atomic mass is 32.2. The van der Waals surface area contributed by atoms with Crippen LogP contribution in [0.3, 0.4) is 0 Å². The van der Waals surface area contributed by atoms with E-state index in [2.05, 4.69) is 43.4 Å². The van der Waals surface area contributed by atoms with Crippen molar-refractivity contribution in [3.63, 3.8) is 0 Å². The zero-order valence-corrected chi connectivity index (χ0v) is 18.5. The quantitative estimate of drug-likeness (QED) is 0.552. The summed E-state index contributed by atoms with van der Waals surface area (Å²) in [4.78, 5) is 27.0. The minimum absolute atomic E-state index is 0.0282. The maximum absolute atomic E-state index is 12.8. The number of rotatable bonds is 7. The molecule has 1 N–H and O–H groups in total. The second kappa shape index (κ2) is 9.43. The molecule has 1 aliphatic rings. The summed E-state index contributed by atoms with van der Waals surface area (Å²) in [6.07, 6.45) is 2.43. The SMILES string of the molecule is CC[C@@H](NC(=O)c1ccc([C@H]2SCC(=O)N2Cc2ccco2)cc1)c1ccc(C)cc1. The largest absolute Gasteiger partial charge is 0.467 e. The Balaban J connectivity index is 1.45. The van der Waals surface area contributed by atoms with Crippen LogP contribution in [0, 0.1) is 6.92 Å². The minimum Gasteiger partial charge on any atom is -0.467 e. The predicted molar refractivity (Wildman–Crippen MR) is 123 cm³/mol. The third kappa shape index (κ3) is 4.85.